The van der Waals surface area contributed by atoms with E-state index in [2.05, 4.69) is 10.6 Å². The number of amides is 3. The number of hydrogen-bond acceptors (Lipinski definition) is 4. The van der Waals surface area contributed by atoms with Crippen LogP contribution in [0.2, 0.25) is 0 Å². The van der Waals surface area contributed by atoms with E-state index in [1.165, 1.54) is 0 Å². The van der Waals surface area contributed by atoms with Crippen molar-refractivity contribution in [2.45, 2.75) is 19.4 Å². The lowest BCUT2D eigenvalue weighted by Crippen LogP contribution is -2.44. The molecule has 0 saturated carbocycles. The van der Waals surface area contributed by atoms with Crippen LogP contribution in [0, 0.1) is 0 Å². The van der Waals surface area contributed by atoms with Gasteiger partial charge in [-0.3, -0.25) is 4.79 Å². The van der Waals surface area contributed by atoms with Gasteiger partial charge >= 0.3 is 6.03 Å². The Bertz CT molecular complexity index is 684. The number of benzene rings is 1. The highest BCUT2D eigenvalue weighted by molar-refractivity contribution is 6.01. The first-order valence-corrected chi connectivity index (χ1v) is 8.45. The highest BCUT2D eigenvalue weighted by atomic mass is 16.5. The molecule has 1 unspecified atom stereocenters. The molecular formula is C18H23N3O4. The minimum atomic E-state index is -0.445. The number of methoxy groups -OCH3 is 1. The van der Waals surface area contributed by atoms with Crippen molar-refractivity contribution in [1.82, 2.24) is 15.5 Å². The zero-order valence-electron chi connectivity index (χ0n) is 14.5. The van der Waals surface area contributed by atoms with E-state index in [-0.39, 0.29) is 11.9 Å². The van der Waals surface area contributed by atoms with Gasteiger partial charge in [0.1, 0.15) is 5.75 Å². The Hall–Kier alpha value is -2.54. The van der Waals surface area contributed by atoms with Gasteiger partial charge in [0.15, 0.2) is 0 Å². The van der Waals surface area contributed by atoms with Gasteiger partial charge in [0.2, 0.25) is 0 Å². The number of carbonyl (C=O) groups is 2. The van der Waals surface area contributed by atoms with Crippen LogP contribution in [0.3, 0.4) is 0 Å². The molecule has 25 heavy (non-hydrogen) atoms. The summed E-state index contributed by atoms with van der Waals surface area (Å²) >= 11 is 0. The highest BCUT2D eigenvalue weighted by Crippen LogP contribution is 2.33. The normalized spacial score (nSPS) is 19.6. The fourth-order valence-corrected chi connectivity index (χ4v) is 3.18. The lowest BCUT2D eigenvalue weighted by atomic mass is 9.96. The van der Waals surface area contributed by atoms with Gasteiger partial charge in [-0.1, -0.05) is 12.1 Å². The van der Waals surface area contributed by atoms with Crippen LogP contribution in [-0.2, 0) is 9.53 Å². The number of ether oxygens (including phenoxy) is 2. The van der Waals surface area contributed by atoms with E-state index in [4.69, 9.17) is 9.47 Å². The van der Waals surface area contributed by atoms with Gasteiger partial charge in [-0.05, 0) is 31.0 Å². The van der Waals surface area contributed by atoms with Crippen molar-refractivity contribution in [3.05, 3.63) is 41.1 Å². The van der Waals surface area contributed by atoms with Crippen molar-refractivity contribution in [1.29, 1.82) is 0 Å². The molecular weight excluding hydrogens is 322 g/mol. The van der Waals surface area contributed by atoms with E-state index in [0.717, 1.165) is 17.7 Å². The smallest absolute Gasteiger partial charge is 0.319 e. The predicted octanol–water partition coefficient (Wildman–Crippen LogP) is 1.57. The van der Waals surface area contributed by atoms with Gasteiger partial charge in [0.05, 0.1) is 30.5 Å². The second kappa shape index (κ2) is 7.57. The van der Waals surface area contributed by atoms with Gasteiger partial charge in [-0.25, -0.2) is 4.79 Å². The second-order valence-corrected chi connectivity index (χ2v) is 6.00. The molecule has 2 aliphatic rings. The summed E-state index contributed by atoms with van der Waals surface area (Å²) in [5, 5.41) is 5.62. The van der Waals surface area contributed by atoms with Crippen LogP contribution in [0.15, 0.2) is 35.5 Å². The fraction of sp³-hybridized carbons (Fsp3) is 0.444. The zero-order chi connectivity index (χ0) is 17.8. The summed E-state index contributed by atoms with van der Waals surface area (Å²) in [7, 11) is 1.64. The van der Waals surface area contributed by atoms with Crippen molar-refractivity contribution in [2.75, 3.05) is 33.4 Å². The van der Waals surface area contributed by atoms with Crippen molar-refractivity contribution >= 4 is 11.9 Å². The molecule has 7 nitrogen and oxygen atoms in total. The zero-order valence-corrected chi connectivity index (χ0v) is 14.5. The summed E-state index contributed by atoms with van der Waals surface area (Å²) in [5.41, 5.74) is 2.16. The summed E-state index contributed by atoms with van der Waals surface area (Å²) in [6.45, 7) is 4.15. The molecule has 0 radical (unpaired) electrons. The van der Waals surface area contributed by atoms with E-state index in [0.29, 0.717) is 37.6 Å². The summed E-state index contributed by atoms with van der Waals surface area (Å²) < 4.78 is 10.5. The maximum Gasteiger partial charge on any atom is 0.319 e. The maximum absolute atomic E-state index is 12.8. The Labute approximate surface area is 147 Å². The number of rotatable bonds is 7. The second-order valence-electron chi connectivity index (χ2n) is 6.00. The predicted molar refractivity (Wildman–Crippen MR) is 92.1 cm³/mol. The Morgan fingerprint density at radius 3 is 2.68 bits per heavy atom. The van der Waals surface area contributed by atoms with Crippen molar-refractivity contribution < 1.29 is 19.1 Å². The Morgan fingerprint density at radius 2 is 2.00 bits per heavy atom. The maximum atomic E-state index is 12.8. The number of hydrogen-bond donors (Lipinski definition) is 2. The van der Waals surface area contributed by atoms with Crippen molar-refractivity contribution in [3.8, 4) is 5.75 Å². The molecule has 2 aliphatic heterocycles. The van der Waals surface area contributed by atoms with Gasteiger partial charge in [0, 0.05) is 20.3 Å². The first kappa shape index (κ1) is 17.3. The van der Waals surface area contributed by atoms with Crippen LogP contribution in [0.4, 0.5) is 4.79 Å². The van der Waals surface area contributed by atoms with E-state index < -0.39 is 6.04 Å². The number of urea groups is 1. The number of nitrogens with one attached hydrogen (secondary N) is 2. The lowest BCUT2D eigenvalue weighted by molar-refractivity contribution is -0.125. The molecule has 134 valence electrons. The van der Waals surface area contributed by atoms with Crippen LogP contribution in [0.5, 0.6) is 5.75 Å². The minimum Gasteiger partial charge on any atom is -0.494 e. The molecule has 2 N–H and O–H groups in total. The molecule has 0 bridgehead atoms. The Kier molecular flexibility index (Phi) is 5.23. The molecule has 1 aromatic carbocycles. The largest absolute Gasteiger partial charge is 0.494 e. The number of nitrogens with zero attached hydrogens (tertiary/aromatic N) is 1. The van der Waals surface area contributed by atoms with E-state index in [9.17, 15) is 9.59 Å². The van der Waals surface area contributed by atoms with Gasteiger partial charge in [-0.15, -0.1) is 0 Å². The lowest BCUT2D eigenvalue weighted by Gasteiger charge is -2.25. The highest BCUT2D eigenvalue weighted by Gasteiger charge is 2.40. The molecule has 0 fully saturated rings. The third kappa shape index (κ3) is 3.61. The molecule has 3 rings (SSSR count). The van der Waals surface area contributed by atoms with Crippen molar-refractivity contribution in [3.63, 3.8) is 0 Å². The van der Waals surface area contributed by atoms with Gasteiger partial charge in [-0.2, -0.15) is 0 Å². The molecule has 0 aromatic heterocycles. The standard InChI is InChI=1S/C18H23N3O4/c1-3-25-13-7-5-12(6-8-13)16-15-14(19-18(23)20-16)11-21(17(15)22)9-4-10-24-2/h5-8,16H,3-4,9-11H2,1-2H3,(H2,19,20,23). The molecule has 1 aromatic rings. The van der Waals surface area contributed by atoms with Crippen LogP contribution >= 0.6 is 0 Å². The summed E-state index contributed by atoms with van der Waals surface area (Å²) in [6, 6.07) is 6.73. The Balaban J connectivity index is 1.80. The molecule has 0 aliphatic carbocycles. The molecule has 2 heterocycles. The van der Waals surface area contributed by atoms with Crippen LogP contribution in [0.25, 0.3) is 0 Å². The van der Waals surface area contributed by atoms with Crippen LogP contribution < -0.4 is 15.4 Å². The average Bonchev–Trinajstić information content (AvgIpc) is 2.91. The topological polar surface area (TPSA) is 79.9 Å². The summed E-state index contributed by atoms with van der Waals surface area (Å²) in [5.74, 6) is 0.720. The van der Waals surface area contributed by atoms with E-state index in [1.807, 2.05) is 31.2 Å². The SMILES string of the molecule is CCOc1ccc(C2NC(=O)NC3=C2C(=O)N(CCCOC)C3)cc1. The summed E-state index contributed by atoms with van der Waals surface area (Å²) in [4.78, 5) is 26.6. The summed E-state index contributed by atoms with van der Waals surface area (Å²) in [6.07, 6.45) is 0.762. The van der Waals surface area contributed by atoms with Gasteiger partial charge in [0.25, 0.3) is 5.91 Å². The molecule has 0 spiro atoms. The average molecular weight is 345 g/mol. The third-order valence-electron chi connectivity index (χ3n) is 4.32. The molecule has 7 heteroatoms. The molecule has 0 saturated heterocycles. The molecule has 1 atom stereocenters. The van der Waals surface area contributed by atoms with Crippen LogP contribution in [-0.4, -0.2) is 50.3 Å². The van der Waals surface area contributed by atoms with Gasteiger partial charge < -0.3 is 25.0 Å². The van der Waals surface area contributed by atoms with Crippen molar-refractivity contribution in [2.24, 2.45) is 0 Å². The first-order chi connectivity index (χ1) is 12.1. The Morgan fingerprint density at radius 1 is 1.24 bits per heavy atom. The van der Waals surface area contributed by atoms with Crippen LogP contribution in [0.1, 0.15) is 24.9 Å². The first-order valence-electron chi connectivity index (χ1n) is 8.45. The quantitative estimate of drug-likeness (QED) is 0.735. The molecule has 3 amide bonds. The minimum absolute atomic E-state index is 0.0440. The monoisotopic (exact) mass is 345 g/mol. The van der Waals surface area contributed by atoms with E-state index in [1.54, 1.807) is 12.0 Å². The fourth-order valence-electron chi connectivity index (χ4n) is 3.18. The number of carbonyl (C=O) groups excluding carboxylic acids is 2. The van der Waals surface area contributed by atoms with E-state index >= 15 is 0 Å². The third-order valence-corrected chi connectivity index (χ3v) is 4.32.